The quantitative estimate of drug-likeness (QED) is 0.780. The molecule has 1 aromatic rings. The number of anilines is 1. The minimum Gasteiger partial charge on any atom is -0.378 e. The van der Waals surface area contributed by atoms with Crippen LogP contribution in [0.3, 0.4) is 0 Å². The van der Waals surface area contributed by atoms with Crippen LogP contribution >= 0.6 is 0 Å². The molecule has 1 atom stereocenters. The van der Waals surface area contributed by atoms with Crippen LogP contribution in [0.1, 0.15) is 55.5 Å². The maximum atomic E-state index is 11.6. The molecule has 0 radical (unpaired) electrons. The normalized spacial score (nSPS) is 18.6. The van der Waals surface area contributed by atoms with Gasteiger partial charge in [-0.25, -0.2) is 0 Å². The van der Waals surface area contributed by atoms with Crippen molar-refractivity contribution in [2.75, 3.05) is 24.6 Å². The molecule has 1 aromatic carbocycles. The fourth-order valence-electron chi connectivity index (χ4n) is 2.86. The van der Waals surface area contributed by atoms with Gasteiger partial charge >= 0.3 is 0 Å². The van der Waals surface area contributed by atoms with Crippen LogP contribution in [0.25, 0.3) is 0 Å². The van der Waals surface area contributed by atoms with E-state index < -0.39 is 0 Å². The van der Waals surface area contributed by atoms with Crippen molar-refractivity contribution in [3.8, 4) is 6.07 Å². The van der Waals surface area contributed by atoms with Gasteiger partial charge in [0.15, 0.2) is 5.78 Å². The molecular weight excluding hydrogens is 276 g/mol. The first kappa shape index (κ1) is 16.5. The van der Waals surface area contributed by atoms with Gasteiger partial charge in [-0.05, 0) is 50.8 Å². The smallest absolute Gasteiger partial charge is 0.159 e. The van der Waals surface area contributed by atoms with Crippen LogP contribution in [0.15, 0.2) is 18.2 Å². The number of nitrogens with zero attached hydrogens (tertiary/aromatic N) is 2. The largest absolute Gasteiger partial charge is 0.378 e. The number of carbonyl (C=O) groups is 1. The van der Waals surface area contributed by atoms with Crippen LogP contribution in [0.2, 0.25) is 0 Å². The van der Waals surface area contributed by atoms with E-state index in [-0.39, 0.29) is 5.78 Å². The first-order valence-electron chi connectivity index (χ1n) is 8.07. The van der Waals surface area contributed by atoms with Crippen molar-refractivity contribution in [1.29, 1.82) is 5.26 Å². The summed E-state index contributed by atoms with van der Waals surface area (Å²) in [4.78, 5) is 13.8. The van der Waals surface area contributed by atoms with Gasteiger partial charge in [0, 0.05) is 25.3 Å². The molecule has 0 saturated carbocycles. The molecule has 0 bridgehead atoms. The Kier molecular flexibility index (Phi) is 5.97. The van der Waals surface area contributed by atoms with Gasteiger partial charge in [0.25, 0.3) is 0 Å². The lowest BCUT2D eigenvalue weighted by molar-refractivity contribution is 0.0461. The maximum absolute atomic E-state index is 11.6. The number of ether oxygens (including phenoxy) is 1. The zero-order chi connectivity index (χ0) is 15.9. The Balaban J connectivity index is 2.15. The van der Waals surface area contributed by atoms with Crippen molar-refractivity contribution >= 4 is 11.5 Å². The number of Topliss-reactive ketones (excluding diaryl/α,β-unsaturated/α-hetero) is 1. The third-order valence-electron chi connectivity index (χ3n) is 4.10. The van der Waals surface area contributed by atoms with Gasteiger partial charge in [-0.2, -0.15) is 5.26 Å². The SMILES string of the molecule is CCCOC1CCCN(c2cc(C(C)=O)ccc2C#N)CC1. The first-order valence-corrected chi connectivity index (χ1v) is 8.07. The summed E-state index contributed by atoms with van der Waals surface area (Å²) in [6.07, 6.45) is 4.43. The highest BCUT2D eigenvalue weighted by Crippen LogP contribution is 2.26. The summed E-state index contributed by atoms with van der Waals surface area (Å²) < 4.78 is 5.87. The predicted molar refractivity (Wildman–Crippen MR) is 87.3 cm³/mol. The van der Waals surface area contributed by atoms with E-state index in [1.165, 1.54) is 0 Å². The van der Waals surface area contributed by atoms with E-state index in [4.69, 9.17) is 4.74 Å². The zero-order valence-electron chi connectivity index (χ0n) is 13.5. The molecule has 4 heteroatoms. The Bertz CT molecular complexity index is 563. The third-order valence-corrected chi connectivity index (χ3v) is 4.10. The average molecular weight is 300 g/mol. The number of hydrogen-bond acceptors (Lipinski definition) is 4. The van der Waals surface area contributed by atoms with Gasteiger partial charge < -0.3 is 9.64 Å². The van der Waals surface area contributed by atoms with Gasteiger partial charge in [0.1, 0.15) is 6.07 Å². The monoisotopic (exact) mass is 300 g/mol. The van der Waals surface area contributed by atoms with Crippen molar-refractivity contribution in [2.45, 2.75) is 45.6 Å². The fraction of sp³-hybridized carbons (Fsp3) is 0.556. The van der Waals surface area contributed by atoms with Crippen molar-refractivity contribution in [3.63, 3.8) is 0 Å². The molecule has 118 valence electrons. The second-order valence-corrected chi connectivity index (χ2v) is 5.81. The molecule has 1 fully saturated rings. The molecule has 0 aromatic heterocycles. The Morgan fingerprint density at radius 1 is 1.41 bits per heavy atom. The van der Waals surface area contributed by atoms with Gasteiger partial charge in [0.05, 0.1) is 17.4 Å². The van der Waals surface area contributed by atoms with Gasteiger partial charge in [-0.15, -0.1) is 0 Å². The van der Waals surface area contributed by atoms with E-state index in [2.05, 4.69) is 17.9 Å². The summed E-state index contributed by atoms with van der Waals surface area (Å²) in [6, 6.07) is 7.58. The number of benzene rings is 1. The zero-order valence-corrected chi connectivity index (χ0v) is 13.5. The van der Waals surface area contributed by atoms with Crippen LogP contribution in [0.4, 0.5) is 5.69 Å². The lowest BCUT2D eigenvalue weighted by Crippen LogP contribution is -2.26. The van der Waals surface area contributed by atoms with E-state index >= 15 is 0 Å². The molecule has 0 amide bonds. The summed E-state index contributed by atoms with van der Waals surface area (Å²) in [5, 5.41) is 9.33. The standard InChI is InChI=1S/C18H24N2O2/c1-3-11-22-17-5-4-9-20(10-8-17)18-12-15(14(2)21)6-7-16(18)13-19/h6-7,12,17H,3-5,8-11H2,1-2H3. The van der Waals surface area contributed by atoms with Crippen molar-refractivity contribution < 1.29 is 9.53 Å². The van der Waals surface area contributed by atoms with Crippen molar-refractivity contribution in [1.82, 2.24) is 0 Å². The number of nitriles is 1. The van der Waals surface area contributed by atoms with E-state index in [9.17, 15) is 10.1 Å². The molecule has 1 aliphatic heterocycles. The molecule has 0 N–H and O–H groups in total. The summed E-state index contributed by atoms with van der Waals surface area (Å²) in [7, 11) is 0. The molecule has 22 heavy (non-hydrogen) atoms. The van der Waals surface area contributed by atoms with Crippen LogP contribution in [-0.4, -0.2) is 31.6 Å². The second-order valence-electron chi connectivity index (χ2n) is 5.81. The number of rotatable bonds is 5. The van der Waals surface area contributed by atoms with E-state index in [1.807, 2.05) is 6.07 Å². The molecule has 0 spiro atoms. The molecule has 1 aliphatic rings. The Hall–Kier alpha value is -1.86. The molecule has 4 nitrogen and oxygen atoms in total. The average Bonchev–Trinajstić information content (AvgIpc) is 2.77. The summed E-state index contributed by atoms with van der Waals surface area (Å²) >= 11 is 0. The number of hydrogen-bond donors (Lipinski definition) is 0. The van der Waals surface area contributed by atoms with E-state index in [1.54, 1.807) is 19.1 Å². The van der Waals surface area contributed by atoms with Gasteiger partial charge in [0.2, 0.25) is 0 Å². The molecule has 0 aliphatic carbocycles. The van der Waals surface area contributed by atoms with Crippen LogP contribution in [0.5, 0.6) is 0 Å². The van der Waals surface area contributed by atoms with Crippen LogP contribution < -0.4 is 4.90 Å². The van der Waals surface area contributed by atoms with E-state index in [0.717, 1.165) is 51.1 Å². The highest BCUT2D eigenvalue weighted by Gasteiger charge is 2.20. The highest BCUT2D eigenvalue weighted by atomic mass is 16.5. The molecule has 1 heterocycles. The van der Waals surface area contributed by atoms with Crippen molar-refractivity contribution in [2.24, 2.45) is 0 Å². The number of ketones is 1. The van der Waals surface area contributed by atoms with Crippen LogP contribution in [-0.2, 0) is 4.74 Å². The lowest BCUT2D eigenvalue weighted by Gasteiger charge is -2.24. The Morgan fingerprint density at radius 2 is 2.23 bits per heavy atom. The fourth-order valence-corrected chi connectivity index (χ4v) is 2.86. The minimum atomic E-state index is 0.0321. The Morgan fingerprint density at radius 3 is 2.91 bits per heavy atom. The Labute approximate surface area is 132 Å². The van der Waals surface area contributed by atoms with Gasteiger partial charge in [-0.1, -0.05) is 6.92 Å². The minimum absolute atomic E-state index is 0.0321. The summed E-state index contributed by atoms with van der Waals surface area (Å²) in [6.45, 7) is 6.26. The van der Waals surface area contributed by atoms with E-state index in [0.29, 0.717) is 17.2 Å². The number of carbonyl (C=O) groups excluding carboxylic acids is 1. The maximum Gasteiger partial charge on any atom is 0.159 e. The van der Waals surface area contributed by atoms with Crippen molar-refractivity contribution in [3.05, 3.63) is 29.3 Å². The summed E-state index contributed by atoms with van der Waals surface area (Å²) in [5.74, 6) is 0.0321. The third kappa shape index (κ3) is 4.08. The first-order chi connectivity index (χ1) is 10.7. The van der Waals surface area contributed by atoms with Crippen LogP contribution in [0, 0.1) is 11.3 Å². The highest BCUT2D eigenvalue weighted by molar-refractivity contribution is 5.95. The molecular formula is C18H24N2O2. The molecule has 1 unspecified atom stereocenters. The molecule has 2 rings (SSSR count). The summed E-state index contributed by atoms with van der Waals surface area (Å²) in [5.41, 5.74) is 2.18. The topological polar surface area (TPSA) is 53.3 Å². The molecule has 1 saturated heterocycles. The predicted octanol–water partition coefficient (Wildman–Crippen LogP) is 3.55. The lowest BCUT2D eigenvalue weighted by atomic mass is 10.1. The second kappa shape index (κ2) is 7.95. The van der Waals surface area contributed by atoms with Gasteiger partial charge in [-0.3, -0.25) is 4.79 Å².